The first kappa shape index (κ1) is 24.7. The number of nitrogens with zero attached hydrogens (tertiary/aromatic N) is 1. The van der Waals surface area contributed by atoms with Crippen molar-refractivity contribution in [2.75, 3.05) is 50.4 Å². The molecule has 0 spiro atoms. The number of benzene rings is 2. The molecular formula is C18H22F3IN4O3S. The summed E-state index contributed by atoms with van der Waals surface area (Å²) in [4.78, 5) is 0. The Morgan fingerprint density at radius 3 is 2.40 bits per heavy atom. The van der Waals surface area contributed by atoms with Gasteiger partial charge in [0.15, 0.2) is 11.6 Å². The lowest BCUT2D eigenvalue weighted by Gasteiger charge is -2.24. The van der Waals surface area contributed by atoms with E-state index in [4.69, 9.17) is 4.74 Å². The highest BCUT2D eigenvalue weighted by Crippen LogP contribution is 2.32. The second-order valence-corrected chi connectivity index (χ2v) is 9.05. The average Bonchev–Trinajstić information content (AvgIpc) is 2.69. The smallest absolute Gasteiger partial charge is 0.301 e. The number of methoxy groups -OCH3 is 1. The van der Waals surface area contributed by atoms with Gasteiger partial charge in [0.1, 0.15) is 11.5 Å². The molecule has 166 valence electrons. The van der Waals surface area contributed by atoms with E-state index in [1.807, 2.05) is 22.6 Å². The summed E-state index contributed by atoms with van der Waals surface area (Å²) in [7, 11) is -1.04. The SMILES string of the molecule is CNCCN(CCOC)S(=O)(=O)Nc1ccc(F)c(F)c1Nc1ccc(I)cc1F. The molecule has 0 aliphatic rings. The van der Waals surface area contributed by atoms with Gasteiger partial charge in [-0.1, -0.05) is 0 Å². The normalized spacial score (nSPS) is 11.7. The number of hydrogen-bond acceptors (Lipinski definition) is 5. The number of nitrogens with one attached hydrogen (secondary N) is 3. The molecule has 0 heterocycles. The first-order valence-electron chi connectivity index (χ1n) is 8.81. The minimum Gasteiger partial charge on any atom is -0.383 e. The van der Waals surface area contributed by atoms with Crippen molar-refractivity contribution in [2.24, 2.45) is 0 Å². The molecule has 12 heteroatoms. The summed E-state index contributed by atoms with van der Waals surface area (Å²) in [5, 5.41) is 5.29. The van der Waals surface area contributed by atoms with Crippen molar-refractivity contribution in [3.63, 3.8) is 0 Å². The fourth-order valence-corrected chi connectivity index (χ4v) is 4.15. The Hall–Kier alpha value is -1.61. The van der Waals surface area contributed by atoms with Crippen molar-refractivity contribution in [1.82, 2.24) is 9.62 Å². The Morgan fingerprint density at radius 2 is 1.77 bits per heavy atom. The van der Waals surface area contributed by atoms with Crippen molar-refractivity contribution < 1.29 is 26.3 Å². The van der Waals surface area contributed by atoms with Crippen molar-refractivity contribution in [2.45, 2.75) is 0 Å². The molecule has 0 saturated heterocycles. The summed E-state index contributed by atoms with van der Waals surface area (Å²) in [5.41, 5.74) is -0.926. The van der Waals surface area contributed by atoms with E-state index in [0.29, 0.717) is 10.1 Å². The van der Waals surface area contributed by atoms with Gasteiger partial charge in [-0.15, -0.1) is 0 Å². The lowest BCUT2D eigenvalue weighted by Crippen LogP contribution is -2.41. The van der Waals surface area contributed by atoms with Crippen molar-refractivity contribution >= 4 is 49.9 Å². The van der Waals surface area contributed by atoms with Crippen LogP contribution in [-0.4, -0.2) is 53.1 Å². The quantitative estimate of drug-likeness (QED) is 0.369. The van der Waals surface area contributed by atoms with E-state index in [1.54, 1.807) is 13.1 Å². The van der Waals surface area contributed by atoms with Crippen LogP contribution in [0, 0.1) is 21.0 Å². The summed E-state index contributed by atoms with van der Waals surface area (Å²) in [6, 6.07) is 5.97. The maximum Gasteiger partial charge on any atom is 0.301 e. The molecule has 0 atom stereocenters. The highest BCUT2D eigenvalue weighted by Gasteiger charge is 2.24. The Morgan fingerprint density at radius 1 is 1.07 bits per heavy atom. The van der Waals surface area contributed by atoms with Crippen molar-refractivity contribution in [3.05, 3.63) is 51.4 Å². The predicted octanol–water partition coefficient (Wildman–Crippen LogP) is 3.28. The Labute approximate surface area is 187 Å². The summed E-state index contributed by atoms with van der Waals surface area (Å²) in [6.07, 6.45) is 0. The fraction of sp³-hybridized carbons (Fsp3) is 0.333. The van der Waals surface area contributed by atoms with Gasteiger partial charge in [0.25, 0.3) is 0 Å². The van der Waals surface area contributed by atoms with Crippen LogP contribution in [0.4, 0.5) is 30.2 Å². The highest BCUT2D eigenvalue weighted by atomic mass is 127. The standard InChI is InChI=1S/C18H22F3IN4O3S/c1-23-7-8-26(9-10-29-2)30(27,28)25-16-6-4-13(19)17(21)18(16)24-15-5-3-12(22)11-14(15)20/h3-6,11,23-25H,7-10H2,1-2H3. The second kappa shape index (κ2) is 11.1. The van der Waals surface area contributed by atoms with E-state index in [-0.39, 0.29) is 31.1 Å². The van der Waals surface area contributed by atoms with Gasteiger partial charge in [-0.2, -0.15) is 12.7 Å². The van der Waals surface area contributed by atoms with E-state index < -0.39 is 33.3 Å². The van der Waals surface area contributed by atoms with Gasteiger partial charge in [0, 0.05) is 30.3 Å². The molecule has 7 nitrogen and oxygen atoms in total. The molecule has 30 heavy (non-hydrogen) atoms. The topological polar surface area (TPSA) is 82.7 Å². The van der Waals surface area contributed by atoms with Crippen LogP contribution in [0.25, 0.3) is 0 Å². The molecule has 0 aliphatic carbocycles. The van der Waals surface area contributed by atoms with Crippen LogP contribution in [0.15, 0.2) is 30.3 Å². The van der Waals surface area contributed by atoms with Gasteiger partial charge < -0.3 is 15.4 Å². The van der Waals surface area contributed by atoms with Crippen LogP contribution < -0.4 is 15.4 Å². The van der Waals surface area contributed by atoms with Gasteiger partial charge in [-0.25, -0.2) is 13.2 Å². The lowest BCUT2D eigenvalue weighted by atomic mass is 10.2. The van der Waals surface area contributed by atoms with Crippen LogP contribution in [0.3, 0.4) is 0 Å². The van der Waals surface area contributed by atoms with Gasteiger partial charge in [0.05, 0.1) is 18.0 Å². The molecular weight excluding hydrogens is 536 g/mol. The third-order valence-electron chi connectivity index (χ3n) is 4.02. The van der Waals surface area contributed by atoms with Gasteiger partial charge in [-0.3, -0.25) is 4.72 Å². The largest absolute Gasteiger partial charge is 0.383 e. The minimum absolute atomic E-state index is 0.0473. The first-order chi connectivity index (χ1) is 14.2. The summed E-state index contributed by atoms with van der Waals surface area (Å²) in [5.74, 6) is -3.25. The van der Waals surface area contributed by atoms with Gasteiger partial charge >= 0.3 is 10.2 Å². The van der Waals surface area contributed by atoms with E-state index in [2.05, 4.69) is 15.4 Å². The molecule has 2 aromatic rings. The molecule has 3 N–H and O–H groups in total. The molecule has 0 aromatic heterocycles. The number of halogens is 4. The number of likely N-dealkylation sites (N-methyl/N-ethyl adjacent to an activating group) is 1. The fourth-order valence-electron chi connectivity index (χ4n) is 2.47. The predicted molar refractivity (Wildman–Crippen MR) is 119 cm³/mol. The minimum atomic E-state index is -4.14. The maximum absolute atomic E-state index is 14.5. The number of ether oxygens (including phenoxy) is 1. The second-order valence-electron chi connectivity index (χ2n) is 6.14. The molecule has 0 fully saturated rings. The third kappa shape index (κ3) is 6.44. The monoisotopic (exact) mass is 558 g/mol. The zero-order valence-electron chi connectivity index (χ0n) is 16.3. The van der Waals surface area contributed by atoms with Crippen LogP contribution in [0.5, 0.6) is 0 Å². The van der Waals surface area contributed by atoms with Crippen LogP contribution in [0.2, 0.25) is 0 Å². The molecule has 0 bridgehead atoms. The molecule has 2 aromatic carbocycles. The lowest BCUT2D eigenvalue weighted by molar-refractivity contribution is 0.179. The van der Waals surface area contributed by atoms with Crippen molar-refractivity contribution in [3.8, 4) is 0 Å². The third-order valence-corrected chi connectivity index (χ3v) is 6.21. The Kier molecular flexibility index (Phi) is 9.15. The van der Waals surface area contributed by atoms with E-state index in [9.17, 15) is 21.6 Å². The van der Waals surface area contributed by atoms with Crippen LogP contribution in [-0.2, 0) is 14.9 Å². The molecule has 0 aliphatic heterocycles. The summed E-state index contributed by atoms with van der Waals surface area (Å²) in [6.45, 7) is 0.668. The summed E-state index contributed by atoms with van der Waals surface area (Å²) >= 11 is 1.90. The van der Waals surface area contributed by atoms with Crippen LogP contribution in [0.1, 0.15) is 0 Å². The van der Waals surface area contributed by atoms with E-state index >= 15 is 0 Å². The number of hydrogen-bond donors (Lipinski definition) is 3. The molecule has 0 unspecified atom stereocenters. The van der Waals surface area contributed by atoms with Crippen molar-refractivity contribution in [1.29, 1.82) is 0 Å². The Balaban J connectivity index is 2.39. The van der Waals surface area contributed by atoms with Gasteiger partial charge in [-0.05, 0) is 60.0 Å². The van der Waals surface area contributed by atoms with Gasteiger partial charge in [0.2, 0.25) is 0 Å². The van der Waals surface area contributed by atoms with E-state index in [1.165, 1.54) is 19.2 Å². The highest BCUT2D eigenvalue weighted by molar-refractivity contribution is 14.1. The van der Waals surface area contributed by atoms with Crippen LogP contribution >= 0.6 is 22.6 Å². The number of anilines is 3. The molecule has 2 rings (SSSR count). The zero-order chi connectivity index (χ0) is 22.3. The molecule has 0 saturated carbocycles. The molecule has 0 amide bonds. The summed E-state index contributed by atoms with van der Waals surface area (Å²) < 4.78 is 77.1. The Bertz CT molecular complexity index is 971. The zero-order valence-corrected chi connectivity index (χ0v) is 19.3. The average molecular weight is 558 g/mol. The maximum atomic E-state index is 14.5. The van der Waals surface area contributed by atoms with E-state index in [0.717, 1.165) is 16.4 Å². The first-order valence-corrected chi connectivity index (χ1v) is 11.3. The molecule has 0 radical (unpaired) electrons. The number of rotatable bonds is 11.